The second-order valence-corrected chi connectivity index (χ2v) is 8.20. The van der Waals surface area contributed by atoms with Gasteiger partial charge in [-0.2, -0.15) is 0 Å². The Morgan fingerprint density at radius 1 is 1.14 bits per heavy atom. The standard InChI is InChI=1S/C20H16ClN5O2S/c21-17-16(26-10-4-3-9-15(26)23-17)19(28)25-11-5-7-13(25)18(27)24-20-22-12-6-1-2-8-14(12)29-20/h1-4,6,8-10,13H,5,7,11H2,(H,22,24,27). The molecule has 1 atom stereocenters. The fourth-order valence-electron chi connectivity index (χ4n) is 3.69. The van der Waals surface area contributed by atoms with Gasteiger partial charge in [0.1, 0.15) is 11.7 Å². The first-order valence-electron chi connectivity index (χ1n) is 9.22. The van der Waals surface area contributed by atoms with Gasteiger partial charge in [-0.15, -0.1) is 0 Å². The summed E-state index contributed by atoms with van der Waals surface area (Å²) >= 11 is 7.67. The first-order valence-corrected chi connectivity index (χ1v) is 10.4. The number of hydrogen-bond donors (Lipinski definition) is 1. The summed E-state index contributed by atoms with van der Waals surface area (Å²) in [5.41, 5.74) is 1.71. The lowest BCUT2D eigenvalue weighted by Gasteiger charge is -2.23. The second-order valence-electron chi connectivity index (χ2n) is 6.81. The quantitative estimate of drug-likeness (QED) is 0.540. The minimum atomic E-state index is -0.570. The number of carbonyl (C=O) groups is 2. The first-order chi connectivity index (χ1) is 14.1. The molecule has 2 amide bonds. The molecule has 1 fully saturated rings. The van der Waals surface area contributed by atoms with E-state index in [1.807, 2.05) is 36.4 Å². The van der Waals surface area contributed by atoms with Crippen LogP contribution in [-0.4, -0.2) is 43.7 Å². The molecule has 0 radical (unpaired) electrons. The molecule has 0 bridgehead atoms. The number of aromatic nitrogens is 3. The van der Waals surface area contributed by atoms with E-state index < -0.39 is 6.04 Å². The largest absolute Gasteiger partial charge is 0.325 e. The Kier molecular flexibility index (Phi) is 4.44. The molecule has 3 aromatic heterocycles. The van der Waals surface area contributed by atoms with Crippen LogP contribution in [0.4, 0.5) is 5.13 Å². The first kappa shape index (κ1) is 18.1. The number of rotatable bonds is 3. The zero-order valence-corrected chi connectivity index (χ0v) is 16.8. The van der Waals surface area contributed by atoms with Crippen molar-refractivity contribution >= 4 is 55.7 Å². The van der Waals surface area contributed by atoms with E-state index in [0.717, 1.165) is 16.6 Å². The van der Waals surface area contributed by atoms with Crippen molar-refractivity contribution in [3.05, 3.63) is 59.5 Å². The van der Waals surface area contributed by atoms with Crippen molar-refractivity contribution in [1.82, 2.24) is 19.3 Å². The lowest BCUT2D eigenvalue weighted by Crippen LogP contribution is -2.43. The van der Waals surface area contributed by atoms with Gasteiger partial charge in [0.15, 0.2) is 16.0 Å². The van der Waals surface area contributed by atoms with Crippen LogP contribution < -0.4 is 5.32 Å². The number of benzene rings is 1. The predicted octanol–water partition coefficient (Wildman–Crippen LogP) is 3.84. The van der Waals surface area contributed by atoms with Crippen molar-refractivity contribution in [3.63, 3.8) is 0 Å². The summed E-state index contributed by atoms with van der Waals surface area (Å²) < 4.78 is 2.66. The molecule has 4 heterocycles. The van der Waals surface area contributed by atoms with Crippen molar-refractivity contribution in [2.75, 3.05) is 11.9 Å². The molecular formula is C20H16ClN5O2S. The van der Waals surface area contributed by atoms with Crippen molar-refractivity contribution in [3.8, 4) is 0 Å². The van der Waals surface area contributed by atoms with E-state index in [0.29, 0.717) is 23.7 Å². The maximum absolute atomic E-state index is 13.2. The molecule has 1 aromatic carbocycles. The van der Waals surface area contributed by atoms with E-state index in [-0.39, 0.29) is 22.7 Å². The fraction of sp³-hybridized carbons (Fsp3) is 0.200. The third kappa shape index (κ3) is 3.14. The molecule has 5 rings (SSSR count). The van der Waals surface area contributed by atoms with Crippen LogP contribution >= 0.6 is 22.9 Å². The van der Waals surface area contributed by atoms with Gasteiger partial charge >= 0.3 is 0 Å². The van der Waals surface area contributed by atoms with E-state index in [2.05, 4.69) is 15.3 Å². The highest BCUT2D eigenvalue weighted by Crippen LogP contribution is 2.28. The Morgan fingerprint density at radius 3 is 2.83 bits per heavy atom. The Balaban J connectivity index is 1.41. The number of imidazole rings is 1. The van der Waals surface area contributed by atoms with Gasteiger partial charge in [-0.05, 0) is 37.1 Å². The summed E-state index contributed by atoms with van der Waals surface area (Å²) in [4.78, 5) is 36.4. The topological polar surface area (TPSA) is 79.6 Å². The van der Waals surface area contributed by atoms with Crippen LogP contribution in [-0.2, 0) is 4.79 Å². The molecule has 1 N–H and O–H groups in total. The summed E-state index contributed by atoms with van der Waals surface area (Å²) in [6, 6.07) is 12.6. The van der Waals surface area contributed by atoms with Crippen molar-refractivity contribution in [1.29, 1.82) is 0 Å². The van der Waals surface area contributed by atoms with Crippen LogP contribution in [0.2, 0.25) is 5.15 Å². The number of pyridine rings is 1. The van der Waals surface area contributed by atoms with Gasteiger partial charge < -0.3 is 10.2 Å². The molecule has 1 unspecified atom stereocenters. The molecule has 4 aromatic rings. The second kappa shape index (κ2) is 7.13. The van der Waals surface area contributed by atoms with Crippen molar-refractivity contribution in [2.24, 2.45) is 0 Å². The Labute approximate surface area is 174 Å². The van der Waals surface area contributed by atoms with Gasteiger partial charge in [-0.1, -0.05) is 41.1 Å². The summed E-state index contributed by atoms with van der Waals surface area (Å²) in [6.07, 6.45) is 3.09. The molecule has 29 heavy (non-hydrogen) atoms. The molecule has 0 aliphatic carbocycles. The van der Waals surface area contributed by atoms with E-state index in [4.69, 9.17) is 11.6 Å². The van der Waals surface area contributed by atoms with Crippen LogP contribution in [0, 0.1) is 0 Å². The number of fused-ring (bicyclic) bond motifs is 2. The van der Waals surface area contributed by atoms with Gasteiger partial charge in [0.05, 0.1) is 10.2 Å². The SMILES string of the molecule is O=C(Nc1nc2ccccc2s1)C1CCCN1C(=O)c1c(Cl)nc2ccccn12. The van der Waals surface area contributed by atoms with Crippen molar-refractivity contribution in [2.45, 2.75) is 18.9 Å². The number of anilines is 1. The zero-order chi connectivity index (χ0) is 20.0. The summed E-state index contributed by atoms with van der Waals surface area (Å²) in [5.74, 6) is -0.532. The van der Waals surface area contributed by atoms with E-state index in [1.165, 1.54) is 11.3 Å². The maximum atomic E-state index is 13.2. The van der Waals surface area contributed by atoms with E-state index in [1.54, 1.807) is 21.6 Å². The number of para-hydroxylation sites is 1. The van der Waals surface area contributed by atoms with Crippen molar-refractivity contribution < 1.29 is 9.59 Å². The minimum absolute atomic E-state index is 0.137. The maximum Gasteiger partial charge on any atom is 0.274 e. The fourth-order valence-corrected chi connectivity index (χ4v) is 4.82. The number of thiazole rings is 1. The number of likely N-dealkylation sites (tertiary alicyclic amines) is 1. The summed E-state index contributed by atoms with van der Waals surface area (Å²) in [7, 11) is 0. The molecule has 1 saturated heterocycles. The highest BCUT2D eigenvalue weighted by molar-refractivity contribution is 7.22. The number of hydrogen-bond acceptors (Lipinski definition) is 5. The van der Waals surface area contributed by atoms with Crippen LogP contribution in [0.5, 0.6) is 0 Å². The van der Waals surface area contributed by atoms with Crippen LogP contribution in [0.1, 0.15) is 23.3 Å². The highest BCUT2D eigenvalue weighted by Gasteiger charge is 2.37. The van der Waals surface area contributed by atoms with Gasteiger partial charge in [-0.3, -0.25) is 14.0 Å². The summed E-state index contributed by atoms with van der Waals surface area (Å²) in [6.45, 7) is 0.493. The van der Waals surface area contributed by atoms with Crippen LogP contribution in [0.15, 0.2) is 48.7 Å². The molecule has 9 heteroatoms. The lowest BCUT2D eigenvalue weighted by atomic mass is 10.2. The number of halogens is 1. The summed E-state index contributed by atoms with van der Waals surface area (Å²) in [5, 5.41) is 3.54. The molecule has 0 spiro atoms. The van der Waals surface area contributed by atoms with E-state index >= 15 is 0 Å². The smallest absolute Gasteiger partial charge is 0.274 e. The third-order valence-electron chi connectivity index (χ3n) is 5.03. The van der Waals surface area contributed by atoms with E-state index in [9.17, 15) is 9.59 Å². The Bertz CT molecular complexity index is 1220. The van der Waals surface area contributed by atoms with Crippen LogP contribution in [0.3, 0.4) is 0 Å². The van der Waals surface area contributed by atoms with Gasteiger partial charge in [0.2, 0.25) is 5.91 Å². The average molecular weight is 426 g/mol. The van der Waals surface area contributed by atoms with Crippen LogP contribution in [0.25, 0.3) is 15.9 Å². The predicted molar refractivity (Wildman–Crippen MR) is 113 cm³/mol. The van der Waals surface area contributed by atoms with Gasteiger partial charge in [-0.25, -0.2) is 9.97 Å². The van der Waals surface area contributed by atoms with Gasteiger partial charge in [0.25, 0.3) is 5.91 Å². The molecule has 7 nitrogen and oxygen atoms in total. The monoisotopic (exact) mass is 425 g/mol. The normalized spacial score (nSPS) is 16.6. The minimum Gasteiger partial charge on any atom is -0.325 e. The number of amides is 2. The lowest BCUT2D eigenvalue weighted by molar-refractivity contribution is -0.119. The number of nitrogens with one attached hydrogen (secondary N) is 1. The average Bonchev–Trinajstić information content (AvgIpc) is 3.42. The number of carbonyl (C=O) groups excluding carboxylic acids is 2. The number of nitrogens with zero attached hydrogens (tertiary/aromatic N) is 4. The third-order valence-corrected chi connectivity index (χ3v) is 6.25. The molecule has 1 aliphatic heterocycles. The Hall–Kier alpha value is -2.97. The molecule has 0 saturated carbocycles. The van der Waals surface area contributed by atoms with Gasteiger partial charge in [0, 0.05) is 12.7 Å². The highest BCUT2D eigenvalue weighted by atomic mass is 35.5. The zero-order valence-electron chi connectivity index (χ0n) is 15.2. The molecule has 1 aliphatic rings. The molecular weight excluding hydrogens is 410 g/mol. The molecule has 146 valence electrons. The Morgan fingerprint density at radius 2 is 1.97 bits per heavy atom.